The number of nitrogens with one attached hydrogen (secondary N) is 1. The lowest BCUT2D eigenvalue weighted by Crippen LogP contribution is -2.25. The maximum absolute atomic E-state index is 13.6. The molecule has 2 heterocycles. The van der Waals surface area contributed by atoms with Crippen molar-refractivity contribution < 1.29 is 17.2 Å². The van der Waals surface area contributed by atoms with Gasteiger partial charge in [0.2, 0.25) is 10.0 Å². The Hall–Kier alpha value is -1.80. The summed E-state index contributed by atoms with van der Waals surface area (Å²) >= 11 is 0. The average Bonchev–Trinajstić information content (AvgIpc) is 2.92. The number of fused-ring (bicyclic) bond motifs is 1. The van der Waals surface area contributed by atoms with Gasteiger partial charge in [-0.25, -0.2) is 26.9 Å². The predicted molar refractivity (Wildman–Crippen MR) is 81.0 cm³/mol. The molecule has 23 heavy (non-hydrogen) atoms. The number of imidazole rings is 1. The maximum atomic E-state index is 13.6. The van der Waals surface area contributed by atoms with E-state index in [0.29, 0.717) is 5.69 Å². The zero-order valence-electron chi connectivity index (χ0n) is 12.4. The highest BCUT2D eigenvalue weighted by Gasteiger charge is 2.19. The Morgan fingerprint density at radius 1 is 1.22 bits per heavy atom. The fraction of sp³-hybridized carbons (Fsp3) is 0.400. The van der Waals surface area contributed by atoms with Gasteiger partial charge in [-0.3, -0.25) is 0 Å². The second-order valence-electron chi connectivity index (χ2n) is 5.58. The Labute approximate surface area is 133 Å². The van der Waals surface area contributed by atoms with Crippen molar-refractivity contribution in [2.45, 2.75) is 38.1 Å². The van der Waals surface area contributed by atoms with Gasteiger partial charge in [0.25, 0.3) is 0 Å². The van der Waals surface area contributed by atoms with Crippen molar-refractivity contribution in [2.24, 2.45) is 0 Å². The summed E-state index contributed by atoms with van der Waals surface area (Å²) in [6.45, 7) is 0.897. The van der Waals surface area contributed by atoms with Gasteiger partial charge in [-0.2, -0.15) is 0 Å². The van der Waals surface area contributed by atoms with Crippen molar-refractivity contribution in [1.29, 1.82) is 0 Å². The maximum Gasteiger partial charge on any atom is 0.216 e. The highest BCUT2D eigenvalue weighted by Crippen LogP contribution is 2.16. The van der Waals surface area contributed by atoms with Crippen LogP contribution in [0.1, 0.15) is 29.9 Å². The van der Waals surface area contributed by atoms with E-state index in [1.54, 1.807) is 0 Å². The summed E-state index contributed by atoms with van der Waals surface area (Å²) in [5.74, 6) is -1.52. The van der Waals surface area contributed by atoms with E-state index in [1.165, 1.54) is 6.07 Å². The standard InChI is InChI=1S/C15H17F2N3O2S/c16-13-4-3-5-14(17)12(13)10-23(21,22)18-8-11-9-20-7-2-1-6-15(20)19-11/h3-5,9,18H,1-2,6-8,10H2. The minimum atomic E-state index is -3.86. The first kappa shape index (κ1) is 16.1. The molecule has 124 valence electrons. The quantitative estimate of drug-likeness (QED) is 0.906. The van der Waals surface area contributed by atoms with Gasteiger partial charge in [0.15, 0.2) is 0 Å². The molecule has 3 rings (SSSR count). The monoisotopic (exact) mass is 341 g/mol. The molecule has 0 saturated heterocycles. The molecule has 1 aliphatic heterocycles. The largest absolute Gasteiger partial charge is 0.335 e. The number of nitrogens with zero attached hydrogens (tertiary/aromatic N) is 2. The van der Waals surface area contributed by atoms with Crippen LogP contribution in [0.2, 0.25) is 0 Å². The van der Waals surface area contributed by atoms with Gasteiger partial charge in [-0.15, -0.1) is 0 Å². The highest BCUT2D eigenvalue weighted by molar-refractivity contribution is 7.88. The van der Waals surface area contributed by atoms with E-state index in [0.717, 1.165) is 43.8 Å². The van der Waals surface area contributed by atoms with Crippen LogP contribution >= 0.6 is 0 Å². The molecule has 1 aromatic carbocycles. The van der Waals surface area contributed by atoms with Crippen molar-refractivity contribution in [3.8, 4) is 0 Å². The fourth-order valence-corrected chi connectivity index (χ4v) is 3.78. The average molecular weight is 341 g/mol. The number of rotatable bonds is 5. The summed E-state index contributed by atoms with van der Waals surface area (Å²) < 4.78 is 55.6. The second kappa shape index (κ2) is 6.37. The number of sulfonamides is 1. The number of benzene rings is 1. The number of hydrogen-bond donors (Lipinski definition) is 1. The zero-order valence-corrected chi connectivity index (χ0v) is 13.2. The van der Waals surface area contributed by atoms with Gasteiger partial charge in [0, 0.05) is 24.7 Å². The summed E-state index contributed by atoms with van der Waals surface area (Å²) in [6.07, 6.45) is 4.86. The highest BCUT2D eigenvalue weighted by atomic mass is 32.2. The molecule has 8 heteroatoms. The lowest BCUT2D eigenvalue weighted by molar-refractivity contribution is 0.522. The van der Waals surface area contributed by atoms with Crippen molar-refractivity contribution >= 4 is 10.0 Å². The molecule has 2 aromatic rings. The predicted octanol–water partition coefficient (Wildman–Crippen LogP) is 2.12. The minimum Gasteiger partial charge on any atom is -0.335 e. The topological polar surface area (TPSA) is 64.0 Å². The van der Waals surface area contributed by atoms with Crippen LogP contribution in [0.5, 0.6) is 0 Å². The van der Waals surface area contributed by atoms with Crippen LogP contribution in [-0.4, -0.2) is 18.0 Å². The van der Waals surface area contributed by atoms with Crippen LogP contribution in [0.25, 0.3) is 0 Å². The SMILES string of the molecule is O=S(=O)(Cc1c(F)cccc1F)NCc1cn2c(n1)CCCC2. The first-order chi connectivity index (χ1) is 10.9. The van der Waals surface area contributed by atoms with Gasteiger partial charge in [-0.05, 0) is 25.0 Å². The summed E-state index contributed by atoms with van der Waals surface area (Å²) in [7, 11) is -3.86. The lowest BCUT2D eigenvalue weighted by Gasteiger charge is -2.11. The molecule has 1 aliphatic rings. The Morgan fingerprint density at radius 3 is 2.65 bits per heavy atom. The molecular weight excluding hydrogens is 324 g/mol. The van der Waals surface area contributed by atoms with Gasteiger partial charge in [0.05, 0.1) is 18.0 Å². The molecule has 0 unspecified atom stereocenters. The molecule has 1 aromatic heterocycles. The third-order valence-corrected chi connectivity index (χ3v) is 5.08. The van der Waals surface area contributed by atoms with E-state index in [1.807, 2.05) is 10.8 Å². The Balaban J connectivity index is 1.68. The normalized spacial score (nSPS) is 14.7. The first-order valence-corrected chi connectivity index (χ1v) is 9.05. The number of aryl methyl sites for hydroxylation is 2. The number of halogens is 2. The van der Waals surface area contributed by atoms with Crippen LogP contribution in [0.15, 0.2) is 24.4 Å². The van der Waals surface area contributed by atoms with E-state index in [4.69, 9.17) is 0 Å². The summed E-state index contributed by atoms with van der Waals surface area (Å²) in [4.78, 5) is 4.38. The molecule has 0 aliphatic carbocycles. The van der Waals surface area contributed by atoms with Crippen molar-refractivity contribution in [1.82, 2.24) is 14.3 Å². The van der Waals surface area contributed by atoms with Gasteiger partial charge in [-0.1, -0.05) is 6.07 Å². The molecule has 1 N–H and O–H groups in total. The Bertz CT molecular complexity index is 774. The van der Waals surface area contributed by atoms with Crippen molar-refractivity contribution in [3.63, 3.8) is 0 Å². The molecule has 5 nitrogen and oxygen atoms in total. The Kier molecular flexibility index (Phi) is 4.45. The van der Waals surface area contributed by atoms with E-state index in [2.05, 4.69) is 9.71 Å². The van der Waals surface area contributed by atoms with Crippen molar-refractivity contribution in [3.05, 3.63) is 53.1 Å². The summed E-state index contributed by atoms with van der Waals surface area (Å²) in [5.41, 5.74) is 0.156. The molecule has 0 fully saturated rings. The second-order valence-corrected chi connectivity index (χ2v) is 7.39. The van der Waals surface area contributed by atoms with Crippen LogP contribution in [0.4, 0.5) is 8.78 Å². The first-order valence-electron chi connectivity index (χ1n) is 7.40. The third kappa shape index (κ3) is 3.76. The van der Waals surface area contributed by atoms with Crippen LogP contribution < -0.4 is 4.72 Å². The van der Waals surface area contributed by atoms with Gasteiger partial charge < -0.3 is 4.57 Å². The Morgan fingerprint density at radius 2 is 1.96 bits per heavy atom. The van der Waals surface area contributed by atoms with Crippen LogP contribution in [-0.2, 0) is 35.3 Å². The summed E-state index contributed by atoms with van der Waals surface area (Å²) in [5, 5.41) is 0. The molecule has 0 saturated carbocycles. The number of hydrogen-bond acceptors (Lipinski definition) is 3. The number of aromatic nitrogens is 2. The van der Waals surface area contributed by atoms with E-state index < -0.39 is 33.0 Å². The molecule has 0 bridgehead atoms. The van der Waals surface area contributed by atoms with Crippen molar-refractivity contribution in [2.75, 3.05) is 0 Å². The smallest absolute Gasteiger partial charge is 0.216 e. The summed E-state index contributed by atoms with van der Waals surface area (Å²) in [6, 6.07) is 3.28. The molecule has 0 radical (unpaired) electrons. The fourth-order valence-electron chi connectivity index (χ4n) is 2.65. The molecule has 0 spiro atoms. The van der Waals surface area contributed by atoms with E-state index in [9.17, 15) is 17.2 Å². The van der Waals surface area contributed by atoms with Gasteiger partial charge >= 0.3 is 0 Å². The van der Waals surface area contributed by atoms with Crippen LogP contribution in [0, 0.1) is 11.6 Å². The zero-order chi connectivity index (χ0) is 16.4. The van der Waals surface area contributed by atoms with Gasteiger partial charge in [0.1, 0.15) is 17.5 Å². The van der Waals surface area contributed by atoms with E-state index >= 15 is 0 Å². The third-order valence-electron chi connectivity index (χ3n) is 3.83. The van der Waals surface area contributed by atoms with Crippen LogP contribution in [0.3, 0.4) is 0 Å². The molecule has 0 amide bonds. The lowest BCUT2D eigenvalue weighted by atomic mass is 10.2. The van der Waals surface area contributed by atoms with E-state index in [-0.39, 0.29) is 6.54 Å². The minimum absolute atomic E-state index is 0.0123. The molecular formula is C15H17F2N3O2S. The molecule has 0 atom stereocenters.